The SMILES string of the molecule is C[B]n1c(/C(=C2/C=CC(N3CCCCC3)=N2)c2ccc(NC(=O)CCl)cc2)ccc1-n1cc(CC(C)C)nn1. The Bertz CT molecular complexity index is 1410. The van der Waals surface area contributed by atoms with Gasteiger partial charge in [0.15, 0.2) is 0 Å². The third-order valence-corrected chi connectivity index (χ3v) is 7.19. The zero-order chi connectivity index (χ0) is 27.4. The number of nitrogens with one attached hydrogen (secondary N) is 1. The van der Waals surface area contributed by atoms with E-state index in [1.807, 2.05) is 49.4 Å². The molecule has 1 aromatic carbocycles. The van der Waals surface area contributed by atoms with Crippen molar-refractivity contribution >= 4 is 42.0 Å². The first kappa shape index (κ1) is 27.0. The van der Waals surface area contributed by atoms with Crippen molar-refractivity contribution in [3.63, 3.8) is 0 Å². The normalized spacial score (nSPS) is 16.5. The van der Waals surface area contributed by atoms with E-state index in [2.05, 4.69) is 63.1 Å². The van der Waals surface area contributed by atoms with Crippen LogP contribution in [0.4, 0.5) is 5.69 Å². The van der Waals surface area contributed by atoms with Crippen LogP contribution in [0.2, 0.25) is 6.82 Å². The standard InChI is InChI=1S/C29H34BClN7O/c1-20(2)17-23-19-37(35-34-23)28-14-12-25(38(28)30-3)29(21-7-9-22(10-8-21)32-27(39)18-31)24-11-13-26(33-24)36-15-5-4-6-16-36/h7-14,19-20H,4-6,15-18H2,1-3H3,(H,32,39)/b29-24-. The van der Waals surface area contributed by atoms with E-state index in [1.54, 1.807) is 0 Å². The van der Waals surface area contributed by atoms with Crippen LogP contribution in [0.1, 0.15) is 50.1 Å². The minimum absolute atomic E-state index is 0.0837. The predicted octanol–water partition coefficient (Wildman–Crippen LogP) is 5.17. The smallest absolute Gasteiger partial charge is 0.251 e. The van der Waals surface area contributed by atoms with Crippen molar-refractivity contribution in [2.24, 2.45) is 10.9 Å². The molecule has 1 N–H and O–H groups in total. The van der Waals surface area contributed by atoms with E-state index in [-0.39, 0.29) is 11.8 Å². The maximum Gasteiger partial charge on any atom is 0.251 e. The number of hydrogen-bond acceptors (Lipinski definition) is 5. The van der Waals surface area contributed by atoms with Gasteiger partial charge in [0.05, 0.1) is 17.6 Å². The Morgan fingerprint density at radius 2 is 1.85 bits per heavy atom. The minimum atomic E-state index is -0.235. The number of hydrogen-bond donors (Lipinski definition) is 1. The minimum Gasteiger partial charge on any atom is -0.376 e. The highest BCUT2D eigenvalue weighted by atomic mass is 35.5. The molecule has 3 aromatic rings. The average molecular weight is 543 g/mol. The van der Waals surface area contributed by atoms with Crippen molar-refractivity contribution in [3.8, 4) is 5.82 Å². The lowest BCUT2D eigenvalue weighted by atomic mass is 9.94. The highest BCUT2D eigenvalue weighted by Gasteiger charge is 2.22. The number of halogens is 1. The number of aliphatic imine (C=N–C) groups is 1. The Morgan fingerprint density at radius 1 is 1.08 bits per heavy atom. The van der Waals surface area contributed by atoms with Crippen LogP contribution in [-0.2, 0) is 11.2 Å². The predicted molar refractivity (Wildman–Crippen MR) is 159 cm³/mol. The van der Waals surface area contributed by atoms with Gasteiger partial charge in [0.25, 0.3) is 7.41 Å². The number of anilines is 1. The number of rotatable bonds is 8. The van der Waals surface area contributed by atoms with Crippen LogP contribution >= 0.6 is 11.6 Å². The average Bonchev–Trinajstić information content (AvgIpc) is 3.70. The second kappa shape index (κ2) is 12.1. The number of allylic oxidation sites excluding steroid dienone is 1. The molecule has 1 saturated heterocycles. The summed E-state index contributed by atoms with van der Waals surface area (Å²) in [6.45, 7) is 8.44. The summed E-state index contributed by atoms with van der Waals surface area (Å²) in [5.74, 6) is 2.11. The van der Waals surface area contributed by atoms with Crippen molar-refractivity contribution in [3.05, 3.63) is 77.4 Å². The molecule has 2 aliphatic rings. The van der Waals surface area contributed by atoms with Crippen molar-refractivity contribution in [1.82, 2.24) is 24.4 Å². The van der Waals surface area contributed by atoms with Gasteiger partial charge in [-0.05, 0) is 73.6 Å². The molecule has 4 heterocycles. The van der Waals surface area contributed by atoms with E-state index >= 15 is 0 Å². The number of carbonyl (C=O) groups excluding carboxylic acids is 1. The molecule has 1 fully saturated rings. The lowest BCUT2D eigenvalue weighted by molar-refractivity contribution is -0.113. The molecule has 0 spiro atoms. The monoisotopic (exact) mass is 542 g/mol. The maximum absolute atomic E-state index is 11.8. The molecule has 0 bridgehead atoms. The number of alkyl halides is 1. The lowest BCUT2D eigenvalue weighted by Gasteiger charge is -2.27. The maximum atomic E-state index is 11.8. The molecule has 2 aromatic heterocycles. The van der Waals surface area contributed by atoms with E-state index in [0.717, 1.165) is 59.4 Å². The number of nitrogens with zero attached hydrogens (tertiary/aromatic N) is 6. The van der Waals surface area contributed by atoms with Gasteiger partial charge in [-0.3, -0.25) is 4.79 Å². The second-order valence-electron chi connectivity index (χ2n) is 10.3. The molecule has 1 amide bonds. The summed E-state index contributed by atoms with van der Waals surface area (Å²) in [6, 6.07) is 12.0. The fourth-order valence-corrected chi connectivity index (χ4v) is 5.22. The molecule has 10 heteroatoms. The Hall–Kier alpha value is -3.59. The molecule has 1 radical (unpaired) electrons. The number of benzene rings is 1. The van der Waals surface area contributed by atoms with Gasteiger partial charge in [0.2, 0.25) is 5.91 Å². The fourth-order valence-electron chi connectivity index (χ4n) is 5.15. The number of aromatic nitrogens is 4. The van der Waals surface area contributed by atoms with E-state index in [1.165, 1.54) is 19.3 Å². The van der Waals surface area contributed by atoms with Crippen LogP contribution in [-0.4, -0.2) is 62.5 Å². The molecule has 0 unspecified atom stereocenters. The zero-order valence-electron chi connectivity index (χ0n) is 22.8. The summed E-state index contributed by atoms with van der Waals surface area (Å²) in [4.78, 5) is 19.3. The molecule has 201 valence electrons. The second-order valence-corrected chi connectivity index (χ2v) is 10.6. The summed E-state index contributed by atoms with van der Waals surface area (Å²) < 4.78 is 3.96. The Labute approximate surface area is 235 Å². The topological polar surface area (TPSA) is 80.3 Å². The van der Waals surface area contributed by atoms with Gasteiger partial charge in [-0.1, -0.05) is 38.0 Å². The molecule has 2 aliphatic heterocycles. The number of carbonyl (C=O) groups is 1. The number of piperidine rings is 1. The largest absolute Gasteiger partial charge is 0.376 e. The molecule has 0 saturated carbocycles. The van der Waals surface area contributed by atoms with Gasteiger partial charge in [0.1, 0.15) is 17.5 Å². The third-order valence-electron chi connectivity index (χ3n) is 6.94. The van der Waals surface area contributed by atoms with E-state index < -0.39 is 0 Å². The number of likely N-dealkylation sites (tertiary alicyclic amines) is 1. The summed E-state index contributed by atoms with van der Waals surface area (Å²) >= 11 is 5.68. The summed E-state index contributed by atoms with van der Waals surface area (Å²) in [5.41, 5.74) is 5.56. The zero-order valence-corrected chi connectivity index (χ0v) is 23.5. The van der Waals surface area contributed by atoms with Gasteiger partial charge >= 0.3 is 0 Å². The number of amides is 1. The van der Waals surface area contributed by atoms with Gasteiger partial charge in [0, 0.05) is 30.0 Å². The molecule has 0 aliphatic carbocycles. The van der Waals surface area contributed by atoms with Crippen molar-refractivity contribution in [2.45, 2.75) is 46.4 Å². The van der Waals surface area contributed by atoms with Gasteiger partial charge in [-0.15, -0.1) is 16.7 Å². The molecule has 39 heavy (non-hydrogen) atoms. The Kier molecular flexibility index (Phi) is 8.36. The molecule has 8 nitrogen and oxygen atoms in total. The molecular weight excluding hydrogens is 509 g/mol. The lowest BCUT2D eigenvalue weighted by Crippen LogP contribution is -2.33. The summed E-state index contributed by atoms with van der Waals surface area (Å²) in [7, 11) is 2.04. The van der Waals surface area contributed by atoms with Crippen molar-refractivity contribution in [1.29, 1.82) is 0 Å². The fraction of sp³-hybridized carbons (Fsp3) is 0.379. The highest BCUT2D eigenvalue weighted by Crippen LogP contribution is 2.33. The molecule has 5 rings (SSSR count). The van der Waals surface area contributed by atoms with Crippen molar-refractivity contribution < 1.29 is 4.79 Å². The molecule has 0 atom stereocenters. The van der Waals surface area contributed by atoms with Crippen LogP contribution in [0, 0.1) is 5.92 Å². The molecular formula is C29H34BClN7O. The van der Waals surface area contributed by atoms with Crippen LogP contribution in [0.15, 0.2) is 65.4 Å². The summed E-state index contributed by atoms with van der Waals surface area (Å²) in [5, 5.41) is 11.6. The third kappa shape index (κ3) is 6.03. The van der Waals surface area contributed by atoms with Gasteiger partial charge in [-0.2, -0.15) is 0 Å². The van der Waals surface area contributed by atoms with Crippen LogP contribution in [0.5, 0.6) is 0 Å². The van der Waals surface area contributed by atoms with Gasteiger partial charge < -0.3 is 14.7 Å². The van der Waals surface area contributed by atoms with E-state index in [0.29, 0.717) is 11.6 Å². The van der Waals surface area contributed by atoms with E-state index in [9.17, 15) is 4.79 Å². The van der Waals surface area contributed by atoms with Crippen LogP contribution < -0.4 is 5.32 Å². The first-order valence-electron chi connectivity index (χ1n) is 13.6. The van der Waals surface area contributed by atoms with Crippen molar-refractivity contribution in [2.75, 3.05) is 24.3 Å². The Balaban J connectivity index is 1.58. The van der Waals surface area contributed by atoms with Crippen LogP contribution in [0.25, 0.3) is 11.4 Å². The van der Waals surface area contributed by atoms with Crippen LogP contribution in [0.3, 0.4) is 0 Å². The highest BCUT2D eigenvalue weighted by molar-refractivity contribution is 6.33. The van der Waals surface area contributed by atoms with Gasteiger partial charge in [-0.25, -0.2) is 9.67 Å². The summed E-state index contributed by atoms with van der Waals surface area (Å²) in [6.07, 6.45) is 10.8. The first-order valence-corrected chi connectivity index (χ1v) is 14.1. The number of amidine groups is 1. The van der Waals surface area contributed by atoms with E-state index in [4.69, 9.17) is 16.6 Å². The Morgan fingerprint density at radius 3 is 2.54 bits per heavy atom. The first-order chi connectivity index (χ1) is 19.0. The quantitative estimate of drug-likeness (QED) is 0.314.